The summed E-state index contributed by atoms with van der Waals surface area (Å²) in [6, 6.07) is 0. The van der Waals surface area contributed by atoms with E-state index in [0.29, 0.717) is 6.54 Å². The van der Waals surface area contributed by atoms with Gasteiger partial charge < -0.3 is 15.7 Å². The molecule has 0 radical (unpaired) electrons. The molecule has 3 N–H and O–H groups in total. The molecule has 0 saturated heterocycles. The number of carbonyl (C=O) groups excluding carboxylic acids is 1. The van der Waals surface area contributed by atoms with Crippen molar-refractivity contribution in [2.45, 2.75) is 39.2 Å². The number of likely N-dealkylation sites (N-methyl/N-ethyl adjacent to an activating group) is 1. The van der Waals surface area contributed by atoms with Crippen LogP contribution in [0.4, 0.5) is 0 Å². The predicted octanol–water partition coefficient (Wildman–Crippen LogP) is 0.683. The summed E-state index contributed by atoms with van der Waals surface area (Å²) < 4.78 is 0. The Morgan fingerprint density at radius 3 is 2.41 bits per heavy atom. The molecule has 1 aliphatic rings. The summed E-state index contributed by atoms with van der Waals surface area (Å²) in [6.07, 6.45) is 1.98. The first-order valence-electron chi connectivity index (χ1n) is 6.11. The molecule has 0 bridgehead atoms. The Hall–Kier alpha value is -1.10. The van der Waals surface area contributed by atoms with Gasteiger partial charge in [-0.05, 0) is 32.6 Å². The second kappa shape index (κ2) is 5.04. The van der Waals surface area contributed by atoms with Crippen molar-refractivity contribution in [2.24, 2.45) is 17.6 Å². The fourth-order valence-corrected chi connectivity index (χ4v) is 1.96. The normalized spacial score (nSPS) is 20.5. The SMILES string of the molecule is CCN(CC(C)C(=O)O)C(=O)C(C)(N)C1CC1. The van der Waals surface area contributed by atoms with Crippen LogP contribution in [0, 0.1) is 11.8 Å². The predicted molar refractivity (Wildman–Crippen MR) is 64.4 cm³/mol. The maximum Gasteiger partial charge on any atom is 0.308 e. The summed E-state index contributed by atoms with van der Waals surface area (Å²) in [5, 5.41) is 8.86. The summed E-state index contributed by atoms with van der Waals surface area (Å²) in [7, 11) is 0. The van der Waals surface area contributed by atoms with Crippen molar-refractivity contribution < 1.29 is 14.7 Å². The van der Waals surface area contributed by atoms with Crippen LogP contribution < -0.4 is 5.73 Å². The van der Waals surface area contributed by atoms with Gasteiger partial charge in [-0.25, -0.2) is 0 Å². The number of nitrogens with two attached hydrogens (primary N) is 1. The van der Waals surface area contributed by atoms with E-state index in [2.05, 4.69) is 0 Å². The minimum Gasteiger partial charge on any atom is -0.481 e. The van der Waals surface area contributed by atoms with Gasteiger partial charge in [0.05, 0.1) is 11.5 Å². The Morgan fingerprint density at radius 2 is 2.06 bits per heavy atom. The second-order valence-corrected chi connectivity index (χ2v) is 5.14. The summed E-state index contributed by atoms with van der Waals surface area (Å²) in [5.41, 5.74) is 5.22. The molecule has 0 aromatic carbocycles. The zero-order chi connectivity index (χ0) is 13.2. The molecule has 0 heterocycles. The van der Waals surface area contributed by atoms with E-state index in [9.17, 15) is 9.59 Å². The first-order chi connectivity index (χ1) is 7.80. The molecule has 1 rings (SSSR count). The maximum atomic E-state index is 12.2. The molecule has 1 saturated carbocycles. The number of hydrogen-bond acceptors (Lipinski definition) is 3. The quantitative estimate of drug-likeness (QED) is 0.717. The van der Waals surface area contributed by atoms with Crippen molar-refractivity contribution in [2.75, 3.05) is 13.1 Å². The van der Waals surface area contributed by atoms with E-state index in [1.807, 2.05) is 6.92 Å². The van der Waals surface area contributed by atoms with Gasteiger partial charge in [0.2, 0.25) is 5.91 Å². The molecule has 2 atom stereocenters. The highest BCUT2D eigenvalue weighted by atomic mass is 16.4. The van der Waals surface area contributed by atoms with Crippen LogP contribution in [0.1, 0.15) is 33.6 Å². The standard InChI is InChI=1S/C12H22N2O3/c1-4-14(7-8(2)10(15)16)11(17)12(3,13)9-5-6-9/h8-9H,4-7,13H2,1-3H3,(H,15,16). The van der Waals surface area contributed by atoms with Gasteiger partial charge in [-0.1, -0.05) is 6.92 Å². The fraction of sp³-hybridized carbons (Fsp3) is 0.833. The molecular formula is C12H22N2O3. The number of nitrogens with zero attached hydrogens (tertiary/aromatic N) is 1. The maximum absolute atomic E-state index is 12.2. The number of aliphatic carboxylic acids is 1. The van der Waals surface area contributed by atoms with Gasteiger partial charge in [-0.3, -0.25) is 9.59 Å². The topological polar surface area (TPSA) is 83.6 Å². The van der Waals surface area contributed by atoms with E-state index in [4.69, 9.17) is 10.8 Å². The molecule has 0 aromatic heterocycles. The Bertz CT molecular complexity index is 311. The summed E-state index contributed by atoms with van der Waals surface area (Å²) in [6.45, 7) is 5.92. The van der Waals surface area contributed by atoms with E-state index in [0.717, 1.165) is 12.8 Å². The summed E-state index contributed by atoms with van der Waals surface area (Å²) in [5.74, 6) is -1.32. The molecule has 1 aliphatic carbocycles. The molecule has 5 heteroatoms. The molecule has 17 heavy (non-hydrogen) atoms. The zero-order valence-corrected chi connectivity index (χ0v) is 10.8. The van der Waals surface area contributed by atoms with Crippen LogP contribution in [0.15, 0.2) is 0 Å². The first-order valence-corrected chi connectivity index (χ1v) is 6.11. The van der Waals surface area contributed by atoms with Crippen molar-refractivity contribution in [1.29, 1.82) is 0 Å². The molecule has 5 nitrogen and oxygen atoms in total. The third-order valence-corrected chi connectivity index (χ3v) is 3.47. The van der Waals surface area contributed by atoms with Crippen LogP contribution >= 0.6 is 0 Å². The van der Waals surface area contributed by atoms with Gasteiger partial charge in [-0.2, -0.15) is 0 Å². The van der Waals surface area contributed by atoms with E-state index in [1.165, 1.54) is 0 Å². The molecule has 2 unspecified atom stereocenters. The second-order valence-electron chi connectivity index (χ2n) is 5.14. The molecule has 1 amide bonds. The van der Waals surface area contributed by atoms with E-state index < -0.39 is 17.4 Å². The molecule has 0 aliphatic heterocycles. The van der Waals surface area contributed by atoms with Gasteiger partial charge in [0.1, 0.15) is 0 Å². The van der Waals surface area contributed by atoms with Gasteiger partial charge in [0.25, 0.3) is 0 Å². The smallest absolute Gasteiger partial charge is 0.308 e. The number of carboxylic acid groups (broad SMARTS) is 1. The number of carboxylic acids is 1. The van der Waals surface area contributed by atoms with Crippen molar-refractivity contribution >= 4 is 11.9 Å². The monoisotopic (exact) mass is 242 g/mol. The van der Waals surface area contributed by atoms with Crippen molar-refractivity contribution in [1.82, 2.24) is 4.90 Å². The van der Waals surface area contributed by atoms with Gasteiger partial charge >= 0.3 is 5.97 Å². The Balaban J connectivity index is 2.66. The minimum absolute atomic E-state index is 0.129. The highest BCUT2D eigenvalue weighted by molar-refractivity contribution is 5.87. The minimum atomic E-state index is -0.888. The van der Waals surface area contributed by atoms with Crippen molar-refractivity contribution in [3.05, 3.63) is 0 Å². The van der Waals surface area contributed by atoms with E-state index in [1.54, 1.807) is 18.7 Å². The molecule has 1 fully saturated rings. The lowest BCUT2D eigenvalue weighted by molar-refractivity contribution is -0.144. The van der Waals surface area contributed by atoms with Crippen LogP contribution in [0.3, 0.4) is 0 Å². The van der Waals surface area contributed by atoms with E-state index >= 15 is 0 Å². The molecule has 0 aromatic rings. The first kappa shape index (κ1) is 14.0. The molecular weight excluding hydrogens is 220 g/mol. The average Bonchev–Trinajstić information content (AvgIpc) is 3.07. The number of carbonyl (C=O) groups is 2. The lowest BCUT2D eigenvalue weighted by atomic mass is 9.95. The van der Waals surface area contributed by atoms with Crippen molar-refractivity contribution in [3.63, 3.8) is 0 Å². The number of rotatable bonds is 6. The van der Waals surface area contributed by atoms with Gasteiger partial charge in [-0.15, -0.1) is 0 Å². The largest absolute Gasteiger partial charge is 0.481 e. The highest BCUT2D eigenvalue weighted by Crippen LogP contribution is 2.39. The van der Waals surface area contributed by atoms with Crippen LogP contribution in [-0.4, -0.2) is 40.5 Å². The average molecular weight is 242 g/mol. The van der Waals surface area contributed by atoms with Crippen LogP contribution in [0.5, 0.6) is 0 Å². The highest BCUT2D eigenvalue weighted by Gasteiger charge is 2.45. The van der Waals surface area contributed by atoms with Gasteiger partial charge in [0.15, 0.2) is 0 Å². The Labute approximate surface area is 102 Å². The van der Waals surface area contributed by atoms with Crippen LogP contribution in [-0.2, 0) is 9.59 Å². The number of amides is 1. The Kier molecular flexibility index (Phi) is 4.14. The zero-order valence-electron chi connectivity index (χ0n) is 10.8. The summed E-state index contributed by atoms with van der Waals surface area (Å²) >= 11 is 0. The van der Waals surface area contributed by atoms with Crippen LogP contribution in [0.25, 0.3) is 0 Å². The van der Waals surface area contributed by atoms with E-state index in [-0.39, 0.29) is 18.4 Å². The van der Waals surface area contributed by atoms with Crippen LogP contribution in [0.2, 0.25) is 0 Å². The summed E-state index contributed by atoms with van der Waals surface area (Å²) in [4.78, 5) is 24.6. The van der Waals surface area contributed by atoms with Crippen molar-refractivity contribution in [3.8, 4) is 0 Å². The van der Waals surface area contributed by atoms with Gasteiger partial charge in [0, 0.05) is 13.1 Å². The molecule has 98 valence electrons. The lowest BCUT2D eigenvalue weighted by Crippen LogP contribution is -2.55. The molecule has 0 spiro atoms. The lowest BCUT2D eigenvalue weighted by Gasteiger charge is -2.32. The third-order valence-electron chi connectivity index (χ3n) is 3.47. The number of hydrogen-bond donors (Lipinski definition) is 2. The Morgan fingerprint density at radius 1 is 1.53 bits per heavy atom. The fourth-order valence-electron chi connectivity index (χ4n) is 1.96. The third kappa shape index (κ3) is 3.19.